The van der Waals surface area contributed by atoms with E-state index in [4.69, 9.17) is 14.0 Å². The number of carbonyl (C=O) groups is 1. The van der Waals surface area contributed by atoms with Crippen molar-refractivity contribution in [2.24, 2.45) is 0 Å². The highest BCUT2D eigenvalue weighted by Gasteiger charge is 2.21. The van der Waals surface area contributed by atoms with Crippen molar-refractivity contribution < 1.29 is 18.8 Å². The third kappa shape index (κ3) is 4.89. The first kappa shape index (κ1) is 19.9. The Kier molecular flexibility index (Phi) is 6.30. The fourth-order valence-corrected chi connectivity index (χ4v) is 2.80. The summed E-state index contributed by atoms with van der Waals surface area (Å²) in [5.74, 6) is 1.98. The molecule has 0 spiro atoms. The number of hydrogen-bond acceptors (Lipinski definition) is 6. The van der Waals surface area contributed by atoms with Gasteiger partial charge in [-0.25, -0.2) is 0 Å². The van der Waals surface area contributed by atoms with Gasteiger partial charge in [0.1, 0.15) is 11.5 Å². The van der Waals surface area contributed by atoms with Crippen molar-refractivity contribution in [1.29, 1.82) is 0 Å². The molecule has 28 heavy (non-hydrogen) atoms. The van der Waals surface area contributed by atoms with Crippen LogP contribution in [0.1, 0.15) is 12.8 Å². The molecule has 1 amide bonds. The molecule has 146 valence electrons. The maximum Gasteiger partial charge on any atom is 0.263 e. The third-order valence-electron chi connectivity index (χ3n) is 4.04. The number of rotatable bonds is 7. The number of amides is 1. The van der Waals surface area contributed by atoms with Gasteiger partial charge in [-0.2, -0.15) is 4.98 Å². The van der Waals surface area contributed by atoms with Crippen LogP contribution >= 0.6 is 15.9 Å². The Labute approximate surface area is 171 Å². The number of hydrogen-bond donors (Lipinski definition) is 0. The van der Waals surface area contributed by atoms with E-state index in [1.165, 1.54) is 4.90 Å². The normalized spacial score (nSPS) is 11.7. The van der Waals surface area contributed by atoms with Gasteiger partial charge in [-0.05, 0) is 55.5 Å². The summed E-state index contributed by atoms with van der Waals surface area (Å²) >= 11 is 3.37. The van der Waals surface area contributed by atoms with E-state index in [0.29, 0.717) is 17.5 Å². The van der Waals surface area contributed by atoms with Gasteiger partial charge in [0, 0.05) is 17.1 Å². The summed E-state index contributed by atoms with van der Waals surface area (Å²) in [6, 6.07) is 14.6. The fourth-order valence-electron chi connectivity index (χ4n) is 2.54. The molecule has 0 fully saturated rings. The topological polar surface area (TPSA) is 77.7 Å². The Balaban J connectivity index is 1.60. The molecule has 1 heterocycles. The van der Waals surface area contributed by atoms with Crippen LogP contribution in [0.25, 0.3) is 11.4 Å². The number of methoxy groups -OCH3 is 1. The molecule has 0 aliphatic carbocycles. The minimum absolute atomic E-state index is 0.188. The predicted molar refractivity (Wildman–Crippen MR) is 107 cm³/mol. The van der Waals surface area contributed by atoms with Crippen LogP contribution in [-0.4, -0.2) is 41.2 Å². The average Bonchev–Trinajstić information content (AvgIpc) is 3.17. The number of nitrogens with zero attached hydrogens (tertiary/aromatic N) is 3. The molecule has 0 N–H and O–H groups in total. The molecule has 1 unspecified atom stereocenters. The monoisotopic (exact) mass is 445 g/mol. The molecule has 0 aliphatic rings. The minimum atomic E-state index is -0.643. The summed E-state index contributed by atoms with van der Waals surface area (Å²) < 4.78 is 17.1. The number of benzene rings is 2. The Morgan fingerprint density at radius 3 is 2.43 bits per heavy atom. The van der Waals surface area contributed by atoms with Crippen molar-refractivity contribution in [3.63, 3.8) is 0 Å². The van der Waals surface area contributed by atoms with Gasteiger partial charge in [0.2, 0.25) is 11.7 Å². The lowest BCUT2D eigenvalue weighted by atomic mass is 10.2. The van der Waals surface area contributed by atoms with E-state index in [1.807, 2.05) is 36.4 Å². The second-order valence-corrected chi connectivity index (χ2v) is 7.06. The van der Waals surface area contributed by atoms with Crippen LogP contribution in [0.2, 0.25) is 0 Å². The second-order valence-electron chi connectivity index (χ2n) is 6.15. The molecule has 1 atom stereocenters. The van der Waals surface area contributed by atoms with Gasteiger partial charge in [0.15, 0.2) is 6.10 Å². The van der Waals surface area contributed by atoms with E-state index in [1.54, 1.807) is 33.2 Å². The van der Waals surface area contributed by atoms with Crippen molar-refractivity contribution in [1.82, 2.24) is 15.0 Å². The third-order valence-corrected chi connectivity index (χ3v) is 4.57. The standard InChI is InChI=1S/C20H20BrN3O4/c1-13(27-17-10-6-15(21)7-11-17)20(25)24(2)12-18-22-19(23-28-18)14-4-8-16(26-3)9-5-14/h4-11,13H,12H2,1-3H3. The zero-order valence-electron chi connectivity index (χ0n) is 15.8. The largest absolute Gasteiger partial charge is 0.497 e. The van der Waals surface area contributed by atoms with Gasteiger partial charge in [0.05, 0.1) is 13.7 Å². The molecule has 0 saturated carbocycles. The number of halogens is 1. The van der Waals surface area contributed by atoms with Crippen molar-refractivity contribution in [2.75, 3.05) is 14.2 Å². The van der Waals surface area contributed by atoms with Gasteiger partial charge in [-0.3, -0.25) is 4.79 Å². The Morgan fingerprint density at radius 1 is 1.14 bits per heavy atom. The first-order valence-electron chi connectivity index (χ1n) is 8.60. The quantitative estimate of drug-likeness (QED) is 0.548. The zero-order valence-corrected chi connectivity index (χ0v) is 17.3. The highest BCUT2D eigenvalue weighted by atomic mass is 79.9. The van der Waals surface area contributed by atoms with Crippen LogP contribution in [0.15, 0.2) is 57.5 Å². The summed E-state index contributed by atoms with van der Waals surface area (Å²) in [5.41, 5.74) is 0.803. The smallest absolute Gasteiger partial charge is 0.263 e. The molecular formula is C20H20BrN3O4. The van der Waals surface area contributed by atoms with Crippen LogP contribution in [-0.2, 0) is 11.3 Å². The van der Waals surface area contributed by atoms with Crippen LogP contribution in [0.4, 0.5) is 0 Å². The molecule has 8 heteroatoms. The fraction of sp³-hybridized carbons (Fsp3) is 0.250. The van der Waals surface area contributed by atoms with E-state index in [2.05, 4.69) is 26.1 Å². The lowest BCUT2D eigenvalue weighted by molar-refractivity contribution is -0.137. The van der Waals surface area contributed by atoms with Crippen molar-refractivity contribution in [3.8, 4) is 22.9 Å². The summed E-state index contributed by atoms with van der Waals surface area (Å²) in [5, 5.41) is 3.97. The van der Waals surface area contributed by atoms with E-state index in [0.717, 1.165) is 15.8 Å². The van der Waals surface area contributed by atoms with E-state index < -0.39 is 6.10 Å². The van der Waals surface area contributed by atoms with Gasteiger partial charge in [0.25, 0.3) is 5.91 Å². The van der Waals surface area contributed by atoms with Gasteiger partial charge < -0.3 is 18.9 Å². The summed E-state index contributed by atoms with van der Waals surface area (Å²) in [6.45, 7) is 1.90. The summed E-state index contributed by atoms with van der Waals surface area (Å²) in [6.07, 6.45) is -0.643. The Bertz CT molecular complexity index is 925. The second kappa shape index (κ2) is 8.88. The van der Waals surface area contributed by atoms with Crippen molar-refractivity contribution in [3.05, 3.63) is 58.9 Å². The molecule has 0 bridgehead atoms. The molecule has 0 saturated heterocycles. The number of ether oxygens (including phenoxy) is 2. The van der Waals surface area contributed by atoms with Crippen LogP contribution in [0, 0.1) is 0 Å². The summed E-state index contributed by atoms with van der Waals surface area (Å²) in [7, 11) is 3.27. The number of likely N-dealkylation sites (N-methyl/N-ethyl adjacent to an activating group) is 1. The van der Waals surface area contributed by atoms with Crippen LogP contribution in [0.3, 0.4) is 0 Å². The lowest BCUT2D eigenvalue weighted by Crippen LogP contribution is -2.37. The lowest BCUT2D eigenvalue weighted by Gasteiger charge is -2.20. The van der Waals surface area contributed by atoms with E-state index in [9.17, 15) is 4.79 Å². The first-order chi connectivity index (χ1) is 13.5. The van der Waals surface area contributed by atoms with Crippen LogP contribution in [0.5, 0.6) is 11.5 Å². The molecular weight excluding hydrogens is 426 g/mol. The average molecular weight is 446 g/mol. The molecule has 7 nitrogen and oxygen atoms in total. The zero-order chi connectivity index (χ0) is 20.1. The minimum Gasteiger partial charge on any atom is -0.497 e. The van der Waals surface area contributed by atoms with E-state index >= 15 is 0 Å². The highest BCUT2D eigenvalue weighted by Crippen LogP contribution is 2.21. The van der Waals surface area contributed by atoms with Gasteiger partial charge in [-0.15, -0.1) is 0 Å². The molecule has 0 aliphatic heterocycles. The van der Waals surface area contributed by atoms with Crippen LogP contribution < -0.4 is 9.47 Å². The number of carbonyl (C=O) groups excluding carboxylic acids is 1. The summed E-state index contributed by atoms with van der Waals surface area (Å²) in [4.78, 5) is 18.4. The molecule has 1 aromatic heterocycles. The Hall–Kier alpha value is -2.87. The van der Waals surface area contributed by atoms with Gasteiger partial charge in [-0.1, -0.05) is 21.1 Å². The predicted octanol–water partition coefficient (Wildman–Crippen LogP) is 3.93. The molecule has 3 aromatic rings. The highest BCUT2D eigenvalue weighted by molar-refractivity contribution is 9.10. The maximum atomic E-state index is 12.6. The maximum absolute atomic E-state index is 12.6. The first-order valence-corrected chi connectivity index (χ1v) is 9.40. The Morgan fingerprint density at radius 2 is 1.79 bits per heavy atom. The molecule has 0 radical (unpaired) electrons. The van der Waals surface area contributed by atoms with Gasteiger partial charge >= 0.3 is 0 Å². The van der Waals surface area contributed by atoms with E-state index in [-0.39, 0.29) is 12.5 Å². The molecule has 3 rings (SSSR count). The number of aromatic nitrogens is 2. The molecule has 2 aromatic carbocycles. The van der Waals surface area contributed by atoms with Crippen molar-refractivity contribution in [2.45, 2.75) is 19.6 Å². The van der Waals surface area contributed by atoms with Crippen molar-refractivity contribution >= 4 is 21.8 Å². The SMILES string of the molecule is COc1ccc(-c2noc(CN(C)C(=O)C(C)Oc3ccc(Br)cc3)n2)cc1.